The number of fused-ring (bicyclic) bond motifs is 1. The van der Waals surface area contributed by atoms with Crippen molar-refractivity contribution >= 4 is 32.7 Å². The summed E-state index contributed by atoms with van der Waals surface area (Å²) in [7, 11) is 0. The molecular weight excluding hydrogens is 330 g/mol. The third kappa shape index (κ3) is 3.35. The molecule has 0 amide bonds. The monoisotopic (exact) mass is 349 g/mol. The summed E-state index contributed by atoms with van der Waals surface area (Å²) < 4.78 is 6.89. The van der Waals surface area contributed by atoms with Crippen molar-refractivity contribution in [3.8, 4) is 0 Å². The summed E-state index contributed by atoms with van der Waals surface area (Å²) in [4.78, 5) is 11.4. The summed E-state index contributed by atoms with van der Waals surface area (Å²) in [6.07, 6.45) is 7.42. The van der Waals surface area contributed by atoms with Crippen LogP contribution in [-0.4, -0.2) is 35.8 Å². The van der Waals surface area contributed by atoms with Crippen molar-refractivity contribution in [2.75, 3.05) is 24.6 Å². The van der Waals surface area contributed by atoms with Crippen molar-refractivity contribution in [1.29, 1.82) is 0 Å². The molecule has 3 rings (SSSR count). The minimum Gasteiger partial charge on any atom is -0.376 e. The number of halogens is 1. The molecule has 0 saturated carbocycles. The van der Waals surface area contributed by atoms with Crippen LogP contribution in [-0.2, 0) is 4.74 Å². The number of anilines is 1. The van der Waals surface area contributed by atoms with E-state index in [9.17, 15) is 0 Å². The lowest BCUT2D eigenvalue weighted by atomic mass is 10.1. The highest BCUT2D eigenvalue weighted by molar-refractivity contribution is 9.10. The number of hydrogen-bond acceptors (Lipinski definition) is 4. The van der Waals surface area contributed by atoms with Gasteiger partial charge in [-0.05, 0) is 47.3 Å². The van der Waals surface area contributed by atoms with Gasteiger partial charge in [0.05, 0.1) is 17.3 Å². The van der Waals surface area contributed by atoms with E-state index in [0.29, 0.717) is 6.10 Å². The quantitative estimate of drug-likeness (QED) is 0.841. The molecule has 1 fully saturated rings. The van der Waals surface area contributed by atoms with Crippen LogP contribution in [0.5, 0.6) is 0 Å². The predicted octanol–water partition coefficient (Wildman–Crippen LogP) is 3.79. The van der Waals surface area contributed by atoms with Gasteiger partial charge in [-0.2, -0.15) is 0 Å². The molecular formula is C16H20BrN3O. The highest BCUT2D eigenvalue weighted by Crippen LogP contribution is 2.28. The lowest BCUT2D eigenvalue weighted by molar-refractivity contribution is 0.0441. The Kier molecular flexibility index (Phi) is 4.70. The molecule has 0 aromatic carbocycles. The van der Waals surface area contributed by atoms with E-state index < -0.39 is 0 Å². The molecule has 5 heteroatoms. The van der Waals surface area contributed by atoms with Crippen molar-refractivity contribution in [3.63, 3.8) is 0 Å². The van der Waals surface area contributed by atoms with E-state index in [2.05, 4.69) is 43.8 Å². The average molecular weight is 350 g/mol. The van der Waals surface area contributed by atoms with Crippen LogP contribution in [0.2, 0.25) is 0 Å². The fourth-order valence-electron chi connectivity index (χ4n) is 2.82. The minimum absolute atomic E-state index is 0.331. The summed E-state index contributed by atoms with van der Waals surface area (Å²) in [5.74, 6) is 0. The summed E-state index contributed by atoms with van der Waals surface area (Å²) in [6, 6.07) is 4.08. The average Bonchev–Trinajstić information content (AvgIpc) is 2.52. The molecule has 0 bridgehead atoms. The second-order valence-electron chi connectivity index (χ2n) is 5.43. The van der Waals surface area contributed by atoms with E-state index >= 15 is 0 Å². The maximum absolute atomic E-state index is 5.93. The molecule has 0 aliphatic carbocycles. The summed E-state index contributed by atoms with van der Waals surface area (Å²) in [5, 5.41) is 0. The molecule has 4 nitrogen and oxygen atoms in total. The molecule has 1 aliphatic heterocycles. The van der Waals surface area contributed by atoms with Gasteiger partial charge in [0.15, 0.2) is 0 Å². The molecule has 0 N–H and O–H groups in total. The van der Waals surface area contributed by atoms with Crippen LogP contribution in [0.15, 0.2) is 29.0 Å². The molecule has 112 valence electrons. The number of ether oxygens (including phenoxy) is 1. The number of piperidine rings is 1. The first-order chi connectivity index (χ1) is 10.3. The fourth-order valence-corrected chi connectivity index (χ4v) is 3.14. The van der Waals surface area contributed by atoms with Gasteiger partial charge in [-0.25, -0.2) is 0 Å². The first-order valence-corrected chi connectivity index (χ1v) is 8.34. The second kappa shape index (κ2) is 6.71. The smallest absolute Gasteiger partial charge is 0.112 e. The summed E-state index contributed by atoms with van der Waals surface area (Å²) >= 11 is 3.45. The Hall–Kier alpha value is -1.20. The molecule has 1 atom stereocenters. The highest BCUT2D eigenvalue weighted by atomic mass is 79.9. The third-order valence-corrected chi connectivity index (χ3v) is 4.23. The Morgan fingerprint density at radius 1 is 1.43 bits per heavy atom. The van der Waals surface area contributed by atoms with Gasteiger partial charge in [0.2, 0.25) is 0 Å². The topological polar surface area (TPSA) is 38.2 Å². The van der Waals surface area contributed by atoms with E-state index in [1.54, 1.807) is 0 Å². The van der Waals surface area contributed by atoms with Gasteiger partial charge in [0.25, 0.3) is 0 Å². The zero-order valence-corrected chi connectivity index (χ0v) is 13.8. The number of aromatic nitrogens is 2. The van der Waals surface area contributed by atoms with Gasteiger partial charge in [0, 0.05) is 36.6 Å². The third-order valence-electron chi connectivity index (χ3n) is 3.80. The number of pyridine rings is 2. The van der Waals surface area contributed by atoms with Crippen molar-refractivity contribution in [1.82, 2.24) is 9.97 Å². The van der Waals surface area contributed by atoms with Crippen LogP contribution in [0.3, 0.4) is 0 Å². The Labute approximate surface area is 133 Å². The Morgan fingerprint density at radius 2 is 2.33 bits per heavy atom. The zero-order chi connectivity index (χ0) is 14.7. The van der Waals surface area contributed by atoms with E-state index in [1.165, 1.54) is 0 Å². The lowest BCUT2D eigenvalue weighted by Gasteiger charge is -2.34. The van der Waals surface area contributed by atoms with Crippen molar-refractivity contribution in [2.45, 2.75) is 32.3 Å². The number of nitrogens with zero attached hydrogens (tertiary/aromatic N) is 3. The van der Waals surface area contributed by atoms with E-state index in [-0.39, 0.29) is 0 Å². The van der Waals surface area contributed by atoms with Crippen molar-refractivity contribution in [2.24, 2.45) is 0 Å². The summed E-state index contributed by atoms with van der Waals surface area (Å²) in [6.45, 7) is 5.00. The predicted molar refractivity (Wildman–Crippen MR) is 88.7 cm³/mol. The van der Waals surface area contributed by atoms with Gasteiger partial charge in [0.1, 0.15) is 5.52 Å². The largest absolute Gasteiger partial charge is 0.376 e. The fraction of sp³-hybridized carbons (Fsp3) is 0.500. The van der Waals surface area contributed by atoms with Crippen molar-refractivity contribution < 1.29 is 4.74 Å². The number of hydrogen-bond donors (Lipinski definition) is 0. The van der Waals surface area contributed by atoms with E-state index in [0.717, 1.165) is 60.2 Å². The maximum Gasteiger partial charge on any atom is 0.112 e. The van der Waals surface area contributed by atoms with Crippen LogP contribution < -0.4 is 4.90 Å². The Balaban J connectivity index is 1.86. The second-order valence-corrected chi connectivity index (χ2v) is 6.35. The molecule has 1 saturated heterocycles. The SMILES string of the molecule is CCCOC1CCCN(c2ccnc3cc(Br)cnc23)C1. The van der Waals surface area contributed by atoms with Crippen LogP contribution in [0.4, 0.5) is 5.69 Å². The van der Waals surface area contributed by atoms with Crippen LogP contribution in [0.25, 0.3) is 11.0 Å². The van der Waals surface area contributed by atoms with Gasteiger partial charge in [-0.3, -0.25) is 9.97 Å². The Morgan fingerprint density at radius 3 is 3.19 bits per heavy atom. The number of rotatable bonds is 4. The normalized spacial score (nSPS) is 19.1. The van der Waals surface area contributed by atoms with Crippen LogP contribution in [0.1, 0.15) is 26.2 Å². The van der Waals surface area contributed by atoms with Gasteiger partial charge in [-0.1, -0.05) is 6.92 Å². The summed E-state index contributed by atoms with van der Waals surface area (Å²) in [5.41, 5.74) is 3.06. The highest BCUT2D eigenvalue weighted by Gasteiger charge is 2.22. The molecule has 0 spiro atoms. The first-order valence-electron chi connectivity index (χ1n) is 7.54. The first kappa shape index (κ1) is 14.7. The zero-order valence-electron chi connectivity index (χ0n) is 12.3. The van der Waals surface area contributed by atoms with Gasteiger partial charge in [-0.15, -0.1) is 0 Å². The molecule has 21 heavy (non-hydrogen) atoms. The molecule has 1 unspecified atom stereocenters. The van der Waals surface area contributed by atoms with Crippen molar-refractivity contribution in [3.05, 3.63) is 29.0 Å². The molecule has 1 aliphatic rings. The maximum atomic E-state index is 5.93. The minimum atomic E-state index is 0.331. The molecule has 2 aromatic heterocycles. The van der Waals surface area contributed by atoms with Crippen LogP contribution in [0, 0.1) is 0 Å². The molecule has 0 radical (unpaired) electrons. The lowest BCUT2D eigenvalue weighted by Crippen LogP contribution is -2.40. The standard InChI is InChI=1S/C16H20BrN3O/c1-2-8-21-13-4-3-7-20(11-13)15-5-6-18-14-9-12(17)10-19-16(14)15/h5-6,9-10,13H,2-4,7-8,11H2,1H3. The molecule has 3 heterocycles. The van der Waals surface area contributed by atoms with Gasteiger partial charge >= 0.3 is 0 Å². The van der Waals surface area contributed by atoms with Gasteiger partial charge < -0.3 is 9.64 Å². The Bertz CT molecular complexity index is 619. The van der Waals surface area contributed by atoms with Crippen LogP contribution >= 0.6 is 15.9 Å². The van der Waals surface area contributed by atoms with E-state index in [4.69, 9.17) is 4.74 Å². The van der Waals surface area contributed by atoms with E-state index in [1.807, 2.05) is 18.5 Å². The molecule has 2 aromatic rings.